The van der Waals surface area contributed by atoms with Crippen molar-refractivity contribution < 1.29 is 23.8 Å². The second-order valence-electron chi connectivity index (χ2n) is 10.4. The number of carbonyl (C=O) groups is 1. The Kier molecular flexibility index (Phi) is 7.95. The third-order valence-electron chi connectivity index (χ3n) is 7.45. The van der Waals surface area contributed by atoms with E-state index in [1.165, 1.54) is 42.2 Å². The van der Waals surface area contributed by atoms with Crippen LogP contribution in [-0.4, -0.2) is 44.5 Å². The van der Waals surface area contributed by atoms with Crippen molar-refractivity contribution in [3.8, 4) is 10.8 Å². The molecule has 0 amide bonds. The molecule has 214 valence electrons. The minimum absolute atomic E-state index is 0.0113. The average Bonchev–Trinajstić information content (AvgIpc) is 3.59. The molecule has 1 unspecified atom stereocenters. The van der Waals surface area contributed by atoms with Crippen LogP contribution in [0.1, 0.15) is 49.5 Å². The molecular weight excluding hydrogens is 548 g/mol. The predicted octanol–water partition coefficient (Wildman–Crippen LogP) is 4.36. The molecule has 4 heterocycles. The first kappa shape index (κ1) is 28.5. The van der Waals surface area contributed by atoms with Crippen LogP contribution in [0.2, 0.25) is 0 Å². The lowest BCUT2D eigenvalue weighted by molar-refractivity contribution is -0.146. The number of carboxylic acids is 1. The molecule has 1 atom stereocenters. The fraction of sp³-hybridized carbons (Fsp3) is 0.414. The zero-order valence-corrected chi connectivity index (χ0v) is 23.8. The first-order chi connectivity index (χ1) is 19.6. The van der Waals surface area contributed by atoms with Gasteiger partial charge in [-0.1, -0.05) is 24.3 Å². The van der Waals surface area contributed by atoms with Crippen LogP contribution in [0.5, 0.6) is 0 Å². The Bertz CT molecular complexity index is 1740. The Morgan fingerprint density at radius 2 is 2.02 bits per heavy atom. The molecule has 1 N–H and O–H groups in total. The number of hydrogen-bond donors (Lipinski definition) is 1. The summed E-state index contributed by atoms with van der Waals surface area (Å²) in [6, 6.07) is 7.44. The normalized spacial score (nSPS) is 15.2. The number of rotatable bonds is 9. The van der Waals surface area contributed by atoms with Gasteiger partial charge in [0.15, 0.2) is 0 Å². The molecule has 1 aliphatic heterocycles. The highest BCUT2D eigenvalue weighted by molar-refractivity contribution is 7.22. The van der Waals surface area contributed by atoms with Crippen LogP contribution >= 0.6 is 11.3 Å². The lowest BCUT2D eigenvalue weighted by Gasteiger charge is -2.30. The number of fused-ring (bicyclic) bond motifs is 1. The van der Waals surface area contributed by atoms with Gasteiger partial charge in [-0.05, 0) is 44.7 Å². The van der Waals surface area contributed by atoms with E-state index in [1.54, 1.807) is 6.92 Å². The molecule has 1 aromatic carbocycles. The van der Waals surface area contributed by atoms with Crippen LogP contribution < -0.4 is 11.2 Å². The van der Waals surface area contributed by atoms with Gasteiger partial charge in [0.05, 0.1) is 29.1 Å². The molecule has 4 aromatic rings. The van der Waals surface area contributed by atoms with E-state index in [9.17, 15) is 19.5 Å². The third-order valence-corrected chi connectivity index (χ3v) is 8.75. The molecule has 0 saturated carbocycles. The number of carboxylic acid groups (broad SMARTS) is 1. The van der Waals surface area contributed by atoms with Crippen LogP contribution in [0.4, 0.5) is 0 Å². The Balaban J connectivity index is 1.76. The Morgan fingerprint density at radius 3 is 2.68 bits per heavy atom. The SMILES string of the molecule is [C-]#[N+]Cc1ccccc1C(Cn1c(=O)n(C(C)(C)C(=O)O)c(=O)c2c(C)c(-c3ncco3)sc21)OC1CCOCC1. The lowest BCUT2D eigenvalue weighted by Crippen LogP contribution is -2.52. The topological polar surface area (TPSA) is 130 Å². The van der Waals surface area contributed by atoms with Crippen molar-refractivity contribution in [1.82, 2.24) is 14.1 Å². The first-order valence-electron chi connectivity index (χ1n) is 13.2. The van der Waals surface area contributed by atoms with Gasteiger partial charge in [0, 0.05) is 18.8 Å². The smallest absolute Gasteiger partial charge is 0.333 e. The summed E-state index contributed by atoms with van der Waals surface area (Å²) in [6.07, 6.45) is 3.44. The first-order valence-corrected chi connectivity index (χ1v) is 14.0. The van der Waals surface area contributed by atoms with Crippen molar-refractivity contribution >= 4 is 27.5 Å². The molecule has 0 bridgehead atoms. The van der Waals surface area contributed by atoms with Gasteiger partial charge in [0.2, 0.25) is 12.4 Å². The van der Waals surface area contributed by atoms with Crippen LogP contribution in [0.3, 0.4) is 0 Å². The average molecular weight is 579 g/mol. The van der Waals surface area contributed by atoms with Crippen molar-refractivity contribution in [3.63, 3.8) is 0 Å². The van der Waals surface area contributed by atoms with E-state index in [0.717, 1.165) is 15.7 Å². The maximum Gasteiger partial charge on any atom is 0.333 e. The van der Waals surface area contributed by atoms with Gasteiger partial charge in [0.25, 0.3) is 5.56 Å². The summed E-state index contributed by atoms with van der Waals surface area (Å²) in [6.45, 7) is 13.1. The van der Waals surface area contributed by atoms with Gasteiger partial charge in [0.1, 0.15) is 22.7 Å². The maximum atomic E-state index is 14.1. The van der Waals surface area contributed by atoms with E-state index >= 15 is 0 Å². The standard InChI is InChI=1S/C29H30N4O7S/c1-17-22-25(34)33(29(2,3)27(35)36)28(37)32(26(22)41-23(17)24-31-11-14-39-24)16-21(40-19-9-12-38-13-10-19)20-8-6-5-7-18(20)15-30-4/h5-8,11,14,19,21H,9-10,12-13,15-16H2,1-3H3,(H,35,36). The van der Waals surface area contributed by atoms with E-state index in [4.69, 9.17) is 20.5 Å². The summed E-state index contributed by atoms with van der Waals surface area (Å²) < 4.78 is 19.8. The fourth-order valence-electron chi connectivity index (χ4n) is 5.14. The van der Waals surface area contributed by atoms with Crippen molar-refractivity contribution in [2.24, 2.45) is 0 Å². The number of hydrogen-bond acceptors (Lipinski definition) is 8. The third kappa shape index (κ3) is 5.24. The summed E-state index contributed by atoms with van der Waals surface area (Å²) in [5.41, 5.74) is -1.23. The second kappa shape index (κ2) is 11.4. The minimum atomic E-state index is -1.83. The van der Waals surface area contributed by atoms with Gasteiger partial charge >= 0.3 is 11.7 Å². The zero-order valence-electron chi connectivity index (χ0n) is 23.0. The lowest BCUT2D eigenvalue weighted by atomic mass is 10.0. The molecule has 41 heavy (non-hydrogen) atoms. The van der Waals surface area contributed by atoms with Crippen LogP contribution in [0, 0.1) is 13.5 Å². The van der Waals surface area contributed by atoms with Gasteiger partial charge in [-0.3, -0.25) is 9.36 Å². The van der Waals surface area contributed by atoms with Gasteiger partial charge in [-0.2, -0.15) is 0 Å². The minimum Gasteiger partial charge on any atom is -0.480 e. The van der Waals surface area contributed by atoms with Crippen LogP contribution in [0.25, 0.3) is 25.8 Å². The molecule has 1 fully saturated rings. The van der Waals surface area contributed by atoms with E-state index in [2.05, 4.69) is 9.83 Å². The molecule has 0 spiro atoms. The maximum absolute atomic E-state index is 14.1. The molecule has 3 aromatic heterocycles. The molecule has 11 nitrogen and oxygen atoms in total. The highest BCUT2D eigenvalue weighted by atomic mass is 32.1. The zero-order chi connectivity index (χ0) is 29.3. The molecule has 1 aliphatic rings. The van der Waals surface area contributed by atoms with E-state index in [0.29, 0.717) is 47.2 Å². The van der Waals surface area contributed by atoms with Crippen LogP contribution in [0.15, 0.2) is 50.7 Å². The van der Waals surface area contributed by atoms with E-state index in [-0.39, 0.29) is 24.6 Å². The quantitative estimate of drug-likeness (QED) is 0.290. The van der Waals surface area contributed by atoms with Gasteiger partial charge < -0.3 is 23.8 Å². The number of aliphatic carboxylic acids is 1. The number of benzene rings is 1. The summed E-state index contributed by atoms with van der Waals surface area (Å²) in [4.78, 5) is 49.0. The molecule has 1 saturated heterocycles. The highest BCUT2D eigenvalue weighted by Gasteiger charge is 2.36. The Morgan fingerprint density at radius 1 is 1.29 bits per heavy atom. The number of aryl methyl sites for hydroxylation is 1. The number of nitrogens with zero attached hydrogens (tertiary/aromatic N) is 4. The molecule has 0 aliphatic carbocycles. The Labute approximate surface area is 239 Å². The van der Waals surface area contributed by atoms with Crippen molar-refractivity contribution in [3.05, 3.63) is 85.7 Å². The molecule has 5 rings (SSSR count). The highest BCUT2D eigenvalue weighted by Crippen LogP contribution is 2.37. The van der Waals surface area contributed by atoms with Crippen LogP contribution in [-0.2, 0) is 32.9 Å². The monoisotopic (exact) mass is 578 g/mol. The van der Waals surface area contributed by atoms with E-state index in [1.807, 2.05) is 24.3 Å². The fourth-order valence-corrected chi connectivity index (χ4v) is 6.38. The van der Waals surface area contributed by atoms with Gasteiger partial charge in [-0.25, -0.2) is 25.7 Å². The predicted molar refractivity (Wildman–Crippen MR) is 152 cm³/mol. The van der Waals surface area contributed by atoms with Crippen molar-refractivity contribution in [2.75, 3.05) is 13.2 Å². The number of aromatic nitrogens is 3. The van der Waals surface area contributed by atoms with Gasteiger partial charge in [-0.15, -0.1) is 11.3 Å². The summed E-state index contributed by atoms with van der Waals surface area (Å²) in [5.74, 6) is -1.02. The Hall–Kier alpha value is -4.05. The van der Waals surface area contributed by atoms with Crippen molar-refractivity contribution in [1.29, 1.82) is 0 Å². The molecular formula is C29H30N4O7S. The summed E-state index contributed by atoms with van der Waals surface area (Å²) >= 11 is 1.18. The summed E-state index contributed by atoms with van der Waals surface area (Å²) in [7, 11) is 0. The largest absolute Gasteiger partial charge is 0.480 e. The van der Waals surface area contributed by atoms with E-state index < -0.39 is 28.9 Å². The number of thiophene rings is 1. The molecule has 12 heteroatoms. The number of oxazole rings is 1. The molecule has 0 radical (unpaired) electrons. The number of ether oxygens (including phenoxy) is 2. The summed E-state index contributed by atoms with van der Waals surface area (Å²) in [5, 5.41) is 10.2. The second-order valence-corrected chi connectivity index (χ2v) is 11.4. The van der Waals surface area contributed by atoms with Crippen molar-refractivity contribution in [2.45, 2.75) is 64.4 Å².